The van der Waals surface area contributed by atoms with Gasteiger partial charge in [0.25, 0.3) is 10.0 Å². The minimum atomic E-state index is -3.67. The third kappa shape index (κ3) is 8.49. The number of carbonyl (C=O) groups excluding carboxylic acids is 1. The van der Waals surface area contributed by atoms with E-state index in [4.69, 9.17) is 23.2 Å². The molecule has 0 spiro atoms. The summed E-state index contributed by atoms with van der Waals surface area (Å²) in [4.78, 5) is 23.6. The van der Waals surface area contributed by atoms with Gasteiger partial charge in [0.2, 0.25) is 5.91 Å². The molecular formula is C35H39Cl2FN4O3S3. The zero-order valence-corrected chi connectivity index (χ0v) is 30.7. The van der Waals surface area contributed by atoms with Crippen LogP contribution in [0.15, 0.2) is 64.2 Å². The van der Waals surface area contributed by atoms with Crippen molar-refractivity contribution in [2.24, 2.45) is 11.8 Å². The molecule has 48 heavy (non-hydrogen) atoms. The lowest BCUT2D eigenvalue weighted by molar-refractivity contribution is -0.123. The summed E-state index contributed by atoms with van der Waals surface area (Å²) in [6, 6.07) is 15.6. The highest BCUT2D eigenvalue weighted by atomic mass is 35.5. The fraction of sp³-hybridized carbons (Fsp3) is 0.429. The van der Waals surface area contributed by atoms with E-state index >= 15 is 0 Å². The van der Waals surface area contributed by atoms with Crippen molar-refractivity contribution in [1.82, 2.24) is 14.2 Å². The van der Waals surface area contributed by atoms with E-state index in [-0.39, 0.29) is 30.7 Å². The number of sulfonamides is 1. The molecule has 1 amide bonds. The Bertz CT molecular complexity index is 1820. The molecule has 0 unspecified atom stereocenters. The van der Waals surface area contributed by atoms with Crippen molar-refractivity contribution in [2.45, 2.75) is 49.7 Å². The van der Waals surface area contributed by atoms with E-state index in [1.807, 2.05) is 36.6 Å². The van der Waals surface area contributed by atoms with E-state index < -0.39 is 10.0 Å². The number of hydrogen-bond acceptors (Lipinski definition) is 7. The molecule has 0 saturated carbocycles. The van der Waals surface area contributed by atoms with Gasteiger partial charge < -0.3 is 9.80 Å². The van der Waals surface area contributed by atoms with Crippen molar-refractivity contribution in [3.05, 3.63) is 86.4 Å². The van der Waals surface area contributed by atoms with Crippen molar-refractivity contribution in [2.75, 3.05) is 44.2 Å². The number of nitrogens with zero attached hydrogens (tertiary/aromatic N) is 4. The van der Waals surface area contributed by atoms with Gasteiger partial charge in [0, 0.05) is 36.6 Å². The largest absolute Gasteiger partial charge is 0.312 e. The molecule has 0 aliphatic carbocycles. The first-order valence-electron chi connectivity index (χ1n) is 16.3. The van der Waals surface area contributed by atoms with Gasteiger partial charge in [-0.15, -0.1) is 22.7 Å². The smallest absolute Gasteiger partial charge is 0.252 e. The predicted octanol–water partition coefficient (Wildman–Crippen LogP) is 8.40. The first-order valence-corrected chi connectivity index (χ1v) is 20.2. The quantitative estimate of drug-likeness (QED) is 0.154. The molecule has 2 aromatic heterocycles. The topological polar surface area (TPSA) is 73.8 Å². The zero-order valence-electron chi connectivity index (χ0n) is 26.8. The van der Waals surface area contributed by atoms with Gasteiger partial charge in [-0.05, 0) is 119 Å². The number of likely N-dealkylation sites (tertiary alicyclic amines) is 1. The summed E-state index contributed by atoms with van der Waals surface area (Å²) in [5.41, 5.74) is 2.67. The summed E-state index contributed by atoms with van der Waals surface area (Å²) in [6.07, 6.45) is 4.83. The van der Waals surface area contributed by atoms with Crippen molar-refractivity contribution in [3.8, 4) is 10.6 Å². The Kier molecular flexibility index (Phi) is 11.6. The highest BCUT2D eigenvalue weighted by Crippen LogP contribution is 2.35. The molecule has 2 saturated heterocycles. The number of piperidine rings is 2. The Labute approximate surface area is 300 Å². The van der Waals surface area contributed by atoms with Crippen molar-refractivity contribution >= 4 is 67.5 Å². The van der Waals surface area contributed by atoms with Crippen molar-refractivity contribution < 1.29 is 17.6 Å². The summed E-state index contributed by atoms with van der Waals surface area (Å²) in [5.74, 6) is 0.0665. The fourth-order valence-corrected chi connectivity index (χ4v) is 10.5. The van der Waals surface area contributed by atoms with Gasteiger partial charge >= 0.3 is 0 Å². The summed E-state index contributed by atoms with van der Waals surface area (Å²) in [7, 11) is -3.67. The van der Waals surface area contributed by atoms with Crippen LogP contribution in [0.2, 0.25) is 10.0 Å². The third-order valence-electron chi connectivity index (χ3n) is 9.33. The van der Waals surface area contributed by atoms with Gasteiger partial charge in [0.05, 0.1) is 25.6 Å². The number of halogens is 3. The average Bonchev–Trinajstić information content (AvgIpc) is 3.76. The normalized spacial score (nSPS) is 17.2. The second kappa shape index (κ2) is 15.7. The molecule has 4 heterocycles. The Balaban J connectivity index is 1.04. The third-order valence-corrected chi connectivity index (χ3v) is 14.3. The number of anilines is 1. The molecule has 13 heteroatoms. The number of aromatic nitrogens is 1. The first-order chi connectivity index (χ1) is 23.1. The Morgan fingerprint density at radius 1 is 0.979 bits per heavy atom. The maximum atomic E-state index is 14.0. The van der Waals surface area contributed by atoms with Crippen LogP contribution < -0.4 is 4.90 Å². The molecule has 2 fully saturated rings. The Morgan fingerprint density at radius 2 is 1.71 bits per heavy atom. The number of amides is 1. The number of thiophene rings is 1. The van der Waals surface area contributed by atoms with Crippen LogP contribution >= 0.6 is 45.9 Å². The molecule has 0 N–H and O–H groups in total. The molecule has 7 nitrogen and oxygen atoms in total. The fourth-order valence-electron chi connectivity index (χ4n) is 6.60. The number of rotatable bonds is 11. The molecule has 0 atom stereocenters. The molecule has 2 aliphatic rings. The average molecular weight is 750 g/mol. The lowest BCUT2D eigenvalue weighted by Crippen LogP contribution is -2.45. The van der Waals surface area contributed by atoms with Crippen LogP contribution in [0.1, 0.15) is 42.7 Å². The maximum absolute atomic E-state index is 14.0. The molecule has 6 rings (SSSR count). The molecular weight excluding hydrogens is 711 g/mol. The SMILES string of the molecule is Cc1nc(-c2ccc(S(=O)(=O)N3CCC(C(=O)N(CCCN4CCC(Cc5ccc(F)cc5)CC4)c4ccc(Cl)c(Cl)c4)CC3)s2)cs1. The first kappa shape index (κ1) is 35.4. The monoisotopic (exact) mass is 748 g/mol. The summed E-state index contributed by atoms with van der Waals surface area (Å²) < 4.78 is 42.1. The summed E-state index contributed by atoms with van der Waals surface area (Å²) in [6.45, 7) is 5.88. The number of benzene rings is 2. The molecule has 256 valence electrons. The molecule has 0 bridgehead atoms. The van der Waals surface area contributed by atoms with Crippen LogP contribution in [0, 0.1) is 24.6 Å². The van der Waals surface area contributed by atoms with Crippen LogP contribution in [0.5, 0.6) is 0 Å². The molecule has 4 aromatic rings. The van der Waals surface area contributed by atoms with Gasteiger partial charge in [-0.3, -0.25) is 4.79 Å². The van der Waals surface area contributed by atoms with Crippen LogP contribution in [0.25, 0.3) is 10.6 Å². The Hall–Kier alpha value is -2.38. The lowest BCUT2D eigenvalue weighted by Gasteiger charge is -2.35. The van der Waals surface area contributed by atoms with Crippen LogP contribution in [-0.4, -0.2) is 67.8 Å². The minimum absolute atomic E-state index is 0.0132. The van der Waals surface area contributed by atoms with E-state index in [1.165, 1.54) is 44.7 Å². The number of hydrogen-bond donors (Lipinski definition) is 0. The van der Waals surface area contributed by atoms with E-state index in [9.17, 15) is 17.6 Å². The number of carbonyl (C=O) groups is 1. The Morgan fingerprint density at radius 3 is 2.38 bits per heavy atom. The van der Waals surface area contributed by atoms with Crippen LogP contribution in [-0.2, 0) is 21.2 Å². The lowest BCUT2D eigenvalue weighted by atomic mass is 9.90. The van der Waals surface area contributed by atoms with Crippen molar-refractivity contribution in [3.63, 3.8) is 0 Å². The second-order valence-electron chi connectivity index (χ2n) is 12.6. The van der Waals surface area contributed by atoms with Crippen LogP contribution in [0.4, 0.5) is 10.1 Å². The second-order valence-corrected chi connectivity index (χ2v) is 17.7. The highest BCUT2D eigenvalue weighted by Gasteiger charge is 2.35. The zero-order chi connectivity index (χ0) is 33.8. The van der Waals surface area contributed by atoms with E-state index in [2.05, 4.69) is 9.88 Å². The standard InChI is InChI=1S/C35H39Cl2FN4O3S3/c1-24-39-32(23-46-24)33-9-10-34(47-33)48(44,45)41-19-13-27(14-20-41)35(43)42(29-7-8-30(36)31(37)22-29)16-2-15-40-17-11-26(12-18-40)21-25-3-5-28(38)6-4-25/h3-10,22-23,26-27H,2,11-21H2,1H3. The van der Waals surface area contributed by atoms with Gasteiger partial charge in [-0.25, -0.2) is 17.8 Å². The van der Waals surface area contributed by atoms with Crippen molar-refractivity contribution in [1.29, 1.82) is 0 Å². The molecule has 0 radical (unpaired) electrons. The van der Waals surface area contributed by atoms with Gasteiger partial charge in [0.1, 0.15) is 10.0 Å². The van der Waals surface area contributed by atoms with Gasteiger partial charge in [0.15, 0.2) is 0 Å². The number of aryl methyl sites for hydroxylation is 1. The van der Waals surface area contributed by atoms with E-state index in [0.717, 1.165) is 60.9 Å². The van der Waals surface area contributed by atoms with E-state index in [1.54, 1.807) is 23.1 Å². The predicted molar refractivity (Wildman–Crippen MR) is 194 cm³/mol. The number of thiazole rings is 1. The summed E-state index contributed by atoms with van der Waals surface area (Å²) >= 11 is 15.4. The highest BCUT2D eigenvalue weighted by molar-refractivity contribution is 7.91. The van der Waals surface area contributed by atoms with E-state index in [0.29, 0.717) is 45.2 Å². The molecule has 2 aliphatic heterocycles. The maximum Gasteiger partial charge on any atom is 0.252 e. The molecule has 2 aromatic carbocycles. The summed E-state index contributed by atoms with van der Waals surface area (Å²) in [5, 5.41) is 3.69. The van der Waals surface area contributed by atoms with Gasteiger partial charge in [-0.2, -0.15) is 4.31 Å². The van der Waals surface area contributed by atoms with Crippen LogP contribution in [0.3, 0.4) is 0 Å². The minimum Gasteiger partial charge on any atom is -0.312 e. The van der Waals surface area contributed by atoms with Gasteiger partial charge in [-0.1, -0.05) is 35.3 Å².